The first kappa shape index (κ1) is 17.1. The molecule has 2 atom stereocenters. The molecule has 2 aliphatic carbocycles. The van der Waals surface area contributed by atoms with Crippen molar-refractivity contribution in [2.75, 3.05) is 0 Å². The van der Waals surface area contributed by atoms with Crippen LogP contribution in [0.15, 0.2) is 42.7 Å². The van der Waals surface area contributed by atoms with Crippen LogP contribution in [0.5, 0.6) is 0 Å². The van der Waals surface area contributed by atoms with Crippen LogP contribution in [0.3, 0.4) is 0 Å². The van der Waals surface area contributed by atoms with E-state index in [0.717, 1.165) is 22.9 Å². The van der Waals surface area contributed by atoms with Crippen LogP contribution in [0.25, 0.3) is 0 Å². The normalized spacial score (nSPS) is 27.4. The van der Waals surface area contributed by atoms with Gasteiger partial charge in [-0.25, -0.2) is 0 Å². The van der Waals surface area contributed by atoms with Crippen molar-refractivity contribution >= 4 is 32.7 Å². The molecule has 2 unspecified atom stereocenters. The van der Waals surface area contributed by atoms with Crippen LogP contribution in [0.4, 0.5) is 0 Å². The minimum Gasteiger partial charge on any atom is -0.0886 e. The van der Waals surface area contributed by atoms with E-state index in [-0.39, 0.29) is 0 Å². The van der Waals surface area contributed by atoms with E-state index in [9.17, 15) is 0 Å². The Hall–Kier alpha value is -0.243. The quantitative estimate of drug-likeness (QED) is 0.566. The van der Waals surface area contributed by atoms with Crippen molar-refractivity contribution in [1.29, 1.82) is 0 Å². The molecule has 0 aromatic rings. The lowest BCUT2D eigenvalue weighted by Crippen LogP contribution is -2.06. The Morgan fingerprint density at radius 1 is 0.810 bits per heavy atom. The molecule has 0 radical (unpaired) electrons. The maximum absolute atomic E-state index is 6.68. The summed E-state index contributed by atoms with van der Waals surface area (Å²) in [6, 6.07) is 0. The highest BCUT2D eigenvalue weighted by Crippen LogP contribution is 2.45. The molecule has 0 saturated heterocycles. The van der Waals surface area contributed by atoms with E-state index in [2.05, 4.69) is 41.5 Å². The first-order valence-electron chi connectivity index (χ1n) is 8.02. The molecule has 0 aromatic heterocycles. The van der Waals surface area contributed by atoms with E-state index in [1.54, 1.807) is 0 Å². The highest BCUT2D eigenvalue weighted by atomic mass is 35.5. The van der Waals surface area contributed by atoms with Gasteiger partial charge in [-0.3, -0.25) is 0 Å². The average molecular weight is 341 g/mol. The Balaban J connectivity index is 2.43. The van der Waals surface area contributed by atoms with Gasteiger partial charge in [0.1, 0.15) is 0 Å². The fourth-order valence-electron chi connectivity index (χ4n) is 3.73. The van der Waals surface area contributed by atoms with Crippen LogP contribution < -0.4 is 0 Å². The maximum atomic E-state index is 6.68. The Morgan fingerprint density at radius 3 is 1.43 bits per heavy atom. The lowest BCUT2D eigenvalue weighted by Gasteiger charge is -2.13. The van der Waals surface area contributed by atoms with E-state index in [1.807, 2.05) is 0 Å². The predicted molar refractivity (Wildman–Crippen MR) is 98.6 cm³/mol. The van der Waals surface area contributed by atoms with E-state index in [1.165, 1.54) is 32.7 Å². The summed E-state index contributed by atoms with van der Waals surface area (Å²) < 4.78 is 0. The number of hydrogen-bond donors (Lipinski definition) is 0. The highest BCUT2D eigenvalue weighted by Gasteiger charge is 2.31. The summed E-state index contributed by atoms with van der Waals surface area (Å²) >= 11 is 13.4. The molecule has 2 rings (SSSR count). The second kappa shape index (κ2) is 6.48. The third-order valence-electron chi connectivity index (χ3n) is 5.38. The minimum atomic E-state index is -0.595. The van der Waals surface area contributed by atoms with Crippen molar-refractivity contribution in [3.63, 3.8) is 0 Å². The Bertz CT molecular complexity index is 538. The monoisotopic (exact) mass is 340 g/mol. The van der Waals surface area contributed by atoms with Crippen molar-refractivity contribution in [2.24, 2.45) is 11.8 Å². The molecule has 116 valence electrons. The van der Waals surface area contributed by atoms with Crippen LogP contribution in [0.1, 0.15) is 54.4 Å². The van der Waals surface area contributed by atoms with Crippen molar-refractivity contribution in [3.05, 3.63) is 42.7 Å². The number of allylic oxidation sites excluding steroid dienone is 8. The van der Waals surface area contributed by atoms with Gasteiger partial charge in [0, 0.05) is 21.9 Å². The highest BCUT2D eigenvalue weighted by molar-refractivity contribution is 6.61. The van der Waals surface area contributed by atoms with Crippen LogP contribution in [0.2, 0.25) is 0 Å². The molecule has 0 heterocycles. The lowest BCUT2D eigenvalue weighted by molar-refractivity contribution is 0.853. The molecule has 2 aliphatic rings. The summed E-state index contributed by atoms with van der Waals surface area (Å²) in [6.07, 6.45) is 2.17. The maximum Gasteiger partial charge on any atom is 0.0913 e. The van der Waals surface area contributed by atoms with E-state index >= 15 is 0 Å². The lowest BCUT2D eigenvalue weighted by atomic mass is 10.0. The molecule has 0 fully saturated rings. The Morgan fingerprint density at radius 2 is 1.14 bits per heavy atom. The van der Waals surface area contributed by atoms with Gasteiger partial charge in [-0.2, -0.15) is 0 Å². The molecular weight excluding hydrogens is 315 g/mol. The number of rotatable bonds is 4. The zero-order valence-electron chi connectivity index (χ0n) is 14.0. The van der Waals surface area contributed by atoms with Crippen molar-refractivity contribution in [2.45, 2.75) is 54.4 Å². The number of hydrogen-bond acceptors (Lipinski definition) is 0. The van der Waals surface area contributed by atoms with Gasteiger partial charge in [-0.1, -0.05) is 62.0 Å². The molecule has 0 saturated carbocycles. The smallest absolute Gasteiger partial charge is 0.0886 e. The van der Waals surface area contributed by atoms with Crippen LogP contribution >= 0.6 is 23.2 Å². The molecule has 21 heavy (non-hydrogen) atoms. The molecule has 0 N–H and O–H groups in total. The van der Waals surface area contributed by atoms with E-state index in [0.29, 0.717) is 11.8 Å². The second-order valence-corrected chi connectivity index (χ2v) is 8.89. The van der Waals surface area contributed by atoms with Gasteiger partial charge in [-0.05, 0) is 48.2 Å². The fraction of sp³-hybridized carbons (Fsp3) is 0.556. The van der Waals surface area contributed by atoms with Gasteiger partial charge in [-0.15, -0.1) is 0 Å². The molecular formula is C18H26Cl2Si. The largest absolute Gasteiger partial charge is 0.0913 e. The number of halogens is 2. The molecule has 0 aliphatic heterocycles. The molecule has 0 spiro atoms. The fourth-order valence-corrected chi connectivity index (χ4v) is 7.48. The predicted octanol–water partition coefficient (Wildman–Crippen LogP) is 5.81. The Kier molecular flexibility index (Phi) is 5.28. The zero-order chi connectivity index (χ0) is 15.9. The molecule has 0 aromatic carbocycles. The average Bonchev–Trinajstić information content (AvgIpc) is 2.80. The van der Waals surface area contributed by atoms with Gasteiger partial charge in [0.2, 0.25) is 0 Å². The van der Waals surface area contributed by atoms with Crippen LogP contribution in [0, 0.1) is 11.8 Å². The van der Waals surface area contributed by atoms with Gasteiger partial charge >= 0.3 is 0 Å². The van der Waals surface area contributed by atoms with Gasteiger partial charge in [0.05, 0.1) is 9.52 Å². The van der Waals surface area contributed by atoms with Crippen molar-refractivity contribution < 1.29 is 0 Å². The first-order valence-corrected chi connectivity index (χ1v) is 10.2. The summed E-state index contributed by atoms with van der Waals surface area (Å²) in [6.45, 7) is 13.4. The third kappa shape index (κ3) is 2.73. The first-order chi connectivity index (χ1) is 9.84. The molecule has 0 bridgehead atoms. The molecule has 0 amide bonds. The van der Waals surface area contributed by atoms with E-state index < -0.39 is 9.52 Å². The van der Waals surface area contributed by atoms with E-state index in [4.69, 9.17) is 23.2 Å². The minimum absolute atomic E-state index is 0.400. The zero-order valence-corrected chi connectivity index (χ0v) is 17.0. The molecule has 3 heteroatoms. The van der Waals surface area contributed by atoms with Crippen molar-refractivity contribution in [3.8, 4) is 0 Å². The third-order valence-corrected chi connectivity index (χ3v) is 9.26. The summed E-state index contributed by atoms with van der Waals surface area (Å²) in [7, 11) is -0.595. The SMILES string of the molecule is CCC1=C(C)C(C)C(Cl)=C1[SiH2]C1=C(Cl)C(C)C(C)=C1CC. The molecule has 0 nitrogen and oxygen atoms in total. The standard InChI is InChI=1S/C18H26Cl2Si/c1-7-13-9(3)11(5)15(19)17(13)21-18-14(8-2)10(4)12(6)16(18)20/h11-12H,7-8,21H2,1-6H3. The Labute approximate surface area is 141 Å². The summed E-state index contributed by atoms with van der Waals surface area (Å²) in [5, 5.41) is 5.09. The van der Waals surface area contributed by atoms with Crippen LogP contribution in [-0.4, -0.2) is 9.52 Å². The van der Waals surface area contributed by atoms with Crippen molar-refractivity contribution in [1.82, 2.24) is 0 Å². The van der Waals surface area contributed by atoms with Crippen LogP contribution in [-0.2, 0) is 0 Å². The van der Waals surface area contributed by atoms with Gasteiger partial charge in [0.15, 0.2) is 0 Å². The van der Waals surface area contributed by atoms with Gasteiger partial charge < -0.3 is 0 Å². The topological polar surface area (TPSA) is 0 Å². The summed E-state index contributed by atoms with van der Waals surface area (Å²) in [4.78, 5) is 0. The summed E-state index contributed by atoms with van der Waals surface area (Å²) in [5.41, 5.74) is 5.94. The summed E-state index contributed by atoms with van der Waals surface area (Å²) in [5.74, 6) is 0.801. The second-order valence-electron chi connectivity index (χ2n) is 6.30. The van der Waals surface area contributed by atoms with Gasteiger partial charge in [0.25, 0.3) is 0 Å².